The minimum atomic E-state index is -4.53. The number of hydrogen-bond acceptors (Lipinski definition) is 4. The van der Waals surface area contributed by atoms with Gasteiger partial charge in [0, 0.05) is 5.69 Å². The number of benzene rings is 2. The summed E-state index contributed by atoms with van der Waals surface area (Å²) in [6.45, 7) is 0. The Morgan fingerprint density at radius 2 is 2.04 bits per heavy atom. The van der Waals surface area contributed by atoms with Crippen LogP contribution in [0.25, 0.3) is 0 Å². The van der Waals surface area contributed by atoms with Crippen molar-refractivity contribution in [1.82, 2.24) is 0 Å². The van der Waals surface area contributed by atoms with Gasteiger partial charge in [0.1, 0.15) is 5.92 Å². The van der Waals surface area contributed by atoms with Gasteiger partial charge < -0.3 is 15.2 Å². The molecular formula is C18H15F3N2O3. The number of amides is 1. The van der Waals surface area contributed by atoms with Gasteiger partial charge in [0.25, 0.3) is 0 Å². The number of nitrogens with one attached hydrogen (secondary N) is 1. The van der Waals surface area contributed by atoms with Crippen LogP contribution in [0.15, 0.2) is 42.5 Å². The highest BCUT2D eigenvalue weighted by molar-refractivity contribution is 5.94. The van der Waals surface area contributed by atoms with Crippen LogP contribution in [0.4, 0.5) is 18.9 Å². The van der Waals surface area contributed by atoms with Gasteiger partial charge in [-0.05, 0) is 42.3 Å². The Morgan fingerprint density at radius 1 is 1.31 bits per heavy atom. The molecule has 0 aliphatic heterocycles. The molecule has 2 aromatic carbocycles. The molecule has 0 fully saturated rings. The van der Waals surface area contributed by atoms with Gasteiger partial charge in [0.05, 0.1) is 18.7 Å². The molecule has 0 heterocycles. The number of methoxy groups -OCH3 is 1. The van der Waals surface area contributed by atoms with Crippen molar-refractivity contribution in [1.29, 1.82) is 5.26 Å². The average molecular weight is 364 g/mol. The van der Waals surface area contributed by atoms with E-state index in [-0.39, 0.29) is 23.6 Å². The minimum absolute atomic E-state index is 0.0118. The van der Waals surface area contributed by atoms with E-state index in [0.29, 0.717) is 5.56 Å². The highest BCUT2D eigenvalue weighted by Gasteiger charge is 2.30. The lowest BCUT2D eigenvalue weighted by molar-refractivity contribution is -0.137. The number of phenols is 1. The number of nitrogens with zero attached hydrogens (tertiary/aromatic N) is 1. The molecule has 2 N–H and O–H groups in total. The van der Waals surface area contributed by atoms with Gasteiger partial charge in [-0.2, -0.15) is 18.4 Å². The van der Waals surface area contributed by atoms with E-state index in [1.165, 1.54) is 37.4 Å². The van der Waals surface area contributed by atoms with E-state index in [9.17, 15) is 28.3 Å². The molecule has 2 aromatic rings. The van der Waals surface area contributed by atoms with Crippen LogP contribution in [-0.4, -0.2) is 18.1 Å². The number of hydrogen-bond donors (Lipinski definition) is 2. The SMILES string of the molecule is COc1cc(CC(C#N)C(=O)Nc2cccc(C(F)(F)F)c2)ccc1O. The number of phenolic OH excluding ortho intramolecular Hbond substituents is 1. The molecule has 0 radical (unpaired) electrons. The lowest BCUT2D eigenvalue weighted by atomic mass is 9.99. The third-order valence-corrected chi connectivity index (χ3v) is 3.61. The van der Waals surface area contributed by atoms with Crippen LogP contribution in [0.1, 0.15) is 11.1 Å². The topological polar surface area (TPSA) is 82.3 Å². The summed E-state index contributed by atoms with van der Waals surface area (Å²) in [6, 6.07) is 10.4. The Bertz CT molecular complexity index is 844. The largest absolute Gasteiger partial charge is 0.504 e. The number of halogens is 3. The second kappa shape index (κ2) is 7.78. The van der Waals surface area contributed by atoms with Crippen LogP contribution in [0.2, 0.25) is 0 Å². The first kappa shape index (κ1) is 19.1. The standard InChI is InChI=1S/C18H15F3N2O3/c1-26-16-8-11(5-6-15(16)24)7-12(10-22)17(25)23-14-4-2-3-13(9-14)18(19,20)21/h2-6,8-9,12,24H,7H2,1H3,(H,23,25). The van der Waals surface area contributed by atoms with Crippen LogP contribution in [0.3, 0.4) is 0 Å². The molecule has 0 saturated carbocycles. The Hall–Kier alpha value is -3.21. The van der Waals surface area contributed by atoms with E-state index in [1.54, 1.807) is 0 Å². The van der Waals surface area contributed by atoms with Crippen LogP contribution in [0, 0.1) is 17.2 Å². The minimum Gasteiger partial charge on any atom is -0.504 e. The molecule has 1 amide bonds. The summed E-state index contributed by atoms with van der Waals surface area (Å²) in [5.74, 6) is -1.74. The predicted octanol–water partition coefficient (Wildman–Crippen LogP) is 3.74. The van der Waals surface area contributed by atoms with Crippen molar-refractivity contribution in [3.8, 4) is 17.6 Å². The van der Waals surface area contributed by atoms with Crippen LogP contribution in [-0.2, 0) is 17.4 Å². The summed E-state index contributed by atoms with van der Waals surface area (Å²) in [4.78, 5) is 12.2. The molecule has 26 heavy (non-hydrogen) atoms. The van der Waals surface area contributed by atoms with Crippen molar-refractivity contribution in [2.24, 2.45) is 5.92 Å². The Morgan fingerprint density at radius 3 is 2.65 bits per heavy atom. The van der Waals surface area contributed by atoms with Gasteiger partial charge in [0.15, 0.2) is 11.5 Å². The van der Waals surface area contributed by atoms with Crippen LogP contribution < -0.4 is 10.1 Å². The lowest BCUT2D eigenvalue weighted by Gasteiger charge is -2.13. The number of nitriles is 1. The zero-order valence-electron chi connectivity index (χ0n) is 13.7. The van der Waals surface area contributed by atoms with Gasteiger partial charge in [-0.3, -0.25) is 4.79 Å². The van der Waals surface area contributed by atoms with E-state index in [1.807, 2.05) is 6.07 Å². The fraction of sp³-hybridized carbons (Fsp3) is 0.222. The Labute approximate surface area is 147 Å². The van der Waals surface area contributed by atoms with Crippen molar-refractivity contribution in [3.05, 3.63) is 53.6 Å². The third kappa shape index (κ3) is 4.66. The van der Waals surface area contributed by atoms with Crippen LogP contribution >= 0.6 is 0 Å². The Kier molecular flexibility index (Phi) is 5.72. The van der Waals surface area contributed by atoms with Crippen molar-refractivity contribution < 1.29 is 27.8 Å². The monoisotopic (exact) mass is 364 g/mol. The Balaban J connectivity index is 2.13. The average Bonchev–Trinajstić information content (AvgIpc) is 2.60. The second-order valence-corrected chi connectivity index (χ2v) is 5.46. The number of ether oxygens (including phenoxy) is 1. The molecule has 0 spiro atoms. The number of carbonyl (C=O) groups excluding carboxylic acids is 1. The number of aromatic hydroxyl groups is 1. The number of anilines is 1. The van der Waals surface area contributed by atoms with Crippen molar-refractivity contribution >= 4 is 11.6 Å². The maximum Gasteiger partial charge on any atom is 0.416 e. The summed E-state index contributed by atoms with van der Waals surface area (Å²) in [5, 5.41) is 21.1. The summed E-state index contributed by atoms with van der Waals surface area (Å²) < 4.78 is 43.1. The maximum atomic E-state index is 12.7. The van der Waals surface area contributed by atoms with Gasteiger partial charge in [0.2, 0.25) is 5.91 Å². The molecule has 1 atom stereocenters. The molecule has 8 heteroatoms. The normalized spacial score (nSPS) is 12.1. The summed E-state index contributed by atoms with van der Waals surface area (Å²) in [5.41, 5.74) is -0.383. The molecule has 0 bridgehead atoms. The van der Waals surface area contributed by atoms with E-state index in [0.717, 1.165) is 12.1 Å². The van der Waals surface area contributed by atoms with E-state index < -0.39 is 23.6 Å². The highest BCUT2D eigenvalue weighted by atomic mass is 19.4. The van der Waals surface area contributed by atoms with Crippen molar-refractivity contribution in [2.75, 3.05) is 12.4 Å². The zero-order chi connectivity index (χ0) is 19.3. The number of rotatable bonds is 5. The molecular weight excluding hydrogens is 349 g/mol. The van der Waals surface area contributed by atoms with Crippen LogP contribution in [0.5, 0.6) is 11.5 Å². The first-order valence-corrected chi connectivity index (χ1v) is 7.48. The molecule has 0 aliphatic carbocycles. The van der Waals surface area contributed by atoms with E-state index in [2.05, 4.69) is 5.32 Å². The summed E-state index contributed by atoms with van der Waals surface area (Å²) in [7, 11) is 1.36. The molecule has 0 saturated heterocycles. The number of carbonyl (C=O) groups is 1. The van der Waals surface area contributed by atoms with Crippen molar-refractivity contribution in [2.45, 2.75) is 12.6 Å². The number of alkyl halides is 3. The molecule has 0 aliphatic rings. The molecule has 2 rings (SSSR count). The van der Waals surface area contributed by atoms with Gasteiger partial charge in [-0.25, -0.2) is 0 Å². The highest BCUT2D eigenvalue weighted by Crippen LogP contribution is 2.31. The second-order valence-electron chi connectivity index (χ2n) is 5.46. The maximum absolute atomic E-state index is 12.7. The fourth-order valence-corrected chi connectivity index (χ4v) is 2.28. The van der Waals surface area contributed by atoms with Gasteiger partial charge >= 0.3 is 6.18 Å². The van der Waals surface area contributed by atoms with E-state index in [4.69, 9.17) is 4.74 Å². The zero-order valence-corrected chi connectivity index (χ0v) is 13.7. The van der Waals surface area contributed by atoms with Crippen molar-refractivity contribution in [3.63, 3.8) is 0 Å². The predicted molar refractivity (Wildman–Crippen MR) is 87.5 cm³/mol. The fourth-order valence-electron chi connectivity index (χ4n) is 2.28. The lowest BCUT2D eigenvalue weighted by Crippen LogP contribution is -2.23. The summed E-state index contributed by atoms with van der Waals surface area (Å²) in [6.07, 6.45) is -4.52. The first-order valence-electron chi connectivity index (χ1n) is 7.48. The smallest absolute Gasteiger partial charge is 0.416 e. The molecule has 0 aromatic heterocycles. The quantitative estimate of drug-likeness (QED) is 0.847. The third-order valence-electron chi connectivity index (χ3n) is 3.61. The summed E-state index contributed by atoms with van der Waals surface area (Å²) >= 11 is 0. The van der Waals surface area contributed by atoms with E-state index >= 15 is 0 Å². The molecule has 136 valence electrons. The first-order chi connectivity index (χ1) is 12.2. The molecule has 5 nitrogen and oxygen atoms in total. The van der Waals surface area contributed by atoms with Gasteiger partial charge in [-0.15, -0.1) is 0 Å². The van der Waals surface area contributed by atoms with Gasteiger partial charge in [-0.1, -0.05) is 12.1 Å². The molecule has 1 unspecified atom stereocenters.